The van der Waals surface area contributed by atoms with Crippen LogP contribution in [0.3, 0.4) is 0 Å². The summed E-state index contributed by atoms with van der Waals surface area (Å²) in [5, 5.41) is 12.5. The highest BCUT2D eigenvalue weighted by Crippen LogP contribution is 2.30. The summed E-state index contributed by atoms with van der Waals surface area (Å²) in [6.45, 7) is 5.64. The molecule has 1 fully saturated rings. The van der Waals surface area contributed by atoms with Gasteiger partial charge in [0.05, 0.1) is 11.5 Å². The number of hydrogen-bond acceptors (Lipinski definition) is 7. The van der Waals surface area contributed by atoms with Gasteiger partial charge in [-0.3, -0.25) is 0 Å². The molecule has 0 saturated carbocycles. The van der Waals surface area contributed by atoms with Crippen molar-refractivity contribution in [2.75, 3.05) is 25.0 Å². The number of hydrogen-bond donors (Lipinski definition) is 1. The van der Waals surface area contributed by atoms with Crippen LogP contribution in [0.5, 0.6) is 5.75 Å². The van der Waals surface area contributed by atoms with E-state index in [9.17, 15) is 13.7 Å². The van der Waals surface area contributed by atoms with Gasteiger partial charge in [0.1, 0.15) is 11.8 Å². The Bertz CT molecular complexity index is 1250. The summed E-state index contributed by atoms with van der Waals surface area (Å²) in [6, 6.07) is 15.7. The summed E-state index contributed by atoms with van der Waals surface area (Å²) in [7, 11) is -3.54. The van der Waals surface area contributed by atoms with Gasteiger partial charge in [-0.05, 0) is 74.2 Å². The van der Waals surface area contributed by atoms with E-state index in [4.69, 9.17) is 9.15 Å². The SMILES string of the molecule is CCOc1ccc(Nc2oc(-c3ccc(S(=O)(=O)N4CCCC(C)C4)cc3)nc2C#N)cc1. The number of piperidine rings is 1. The minimum Gasteiger partial charge on any atom is -0.494 e. The molecular formula is C24H26N4O4S. The number of oxazole rings is 1. The average Bonchev–Trinajstić information content (AvgIpc) is 3.23. The Morgan fingerprint density at radius 2 is 1.94 bits per heavy atom. The third-order valence-corrected chi connectivity index (χ3v) is 7.39. The molecule has 1 N–H and O–H groups in total. The van der Waals surface area contributed by atoms with Crippen molar-refractivity contribution in [2.24, 2.45) is 5.92 Å². The normalized spacial score (nSPS) is 16.8. The first kappa shape index (κ1) is 22.8. The second-order valence-corrected chi connectivity index (χ2v) is 9.96. The molecule has 0 aliphatic carbocycles. The van der Waals surface area contributed by atoms with Crippen LogP contribution in [-0.2, 0) is 10.0 Å². The zero-order valence-corrected chi connectivity index (χ0v) is 19.4. The lowest BCUT2D eigenvalue weighted by Crippen LogP contribution is -2.39. The van der Waals surface area contributed by atoms with E-state index in [0.717, 1.165) is 24.3 Å². The van der Waals surface area contributed by atoms with Crippen molar-refractivity contribution in [3.05, 3.63) is 54.2 Å². The number of sulfonamides is 1. The monoisotopic (exact) mass is 466 g/mol. The summed E-state index contributed by atoms with van der Waals surface area (Å²) in [6.07, 6.45) is 1.92. The number of nitrogens with one attached hydrogen (secondary N) is 1. The zero-order valence-electron chi connectivity index (χ0n) is 18.6. The molecule has 1 unspecified atom stereocenters. The number of benzene rings is 2. The summed E-state index contributed by atoms with van der Waals surface area (Å²) >= 11 is 0. The number of rotatable bonds is 7. The van der Waals surface area contributed by atoms with Crippen LogP contribution in [0, 0.1) is 17.2 Å². The number of ether oxygens (including phenoxy) is 1. The molecule has 9 heteroatoms. The third-order valence-electron chi connectivity index (χ3n) is 5.52. The Hall–Kier alpha value is -3.35. The van der Waals surface area contributed by atoms with Crippen molar-refractivity contribution in [3.63, 3.8) is 0 Å². The maximum Gasteiger partial charge on any atom is 0.243 e. The minimum absolute atomic E-state index is 0.109. The van der Waals surface area contributed by atoms with Gasteiger partial charge in [-0.1, -0.05) is 6.92 Å². The van der Waals surface area contributed by atoms with Crippen molar-refractivity contribution in [1.82, 2.24) is 9.29 Å². The van der Waals surface area contributed by atoms with E-state index in [1.165, 1.54) is 0 Å². The van der Waals surface area contributed by atoms with Gasteiger partial charge >= 0.3 is 0 Å². The molecule has 1 aromatic heterocycles. The highest BCUT2D eigenvalue weighted by atomic mass is 32.2. The molecule has 1 atom stereocenters. The Balaban J connectivity index is 1.53. The predicted octanol–water partition coefficient (Wildman–Crippen LogP) is 4.78. The summed E-state index contributed by atoms with van der Waals surface area (Å²) in [4.78, 5) is 4.50. The van der Waals surface area contributed by atoms with Crippen molar-refractivity contribution < 1.29 is 17.6 Å². The number of anilines is 2. The molecule has 1 aliphatic rings. The maximum atomic E-state index is 13.0. The molecule has 3 aromatic rings. The Labute approximate surface area is 193 Å². The Kier molecular flexibility index (Phi) is 6.67. The van der Waals surface area contributed by atoms with Crippen LogP contribution in [0.1, 0.15) is 32.4 Å². The molecular weight excluding hydrogens is 440 g/mol. The van der Waals surface area contributed by atoms with E-state index in [-0.39, 0.29) is 22.4 Å². The average molecular weight is 467 g/mol. The fourth-order valence-electron chi connectivity index (χ4n) is 3.82. The first-order valence-corrected chi connectivity index (χ1v) is 12.4. The molecule has 1 aliphatic heterocycles. The Morgan fingerprint density at radius 1 is 1.21 bits per heavy atom. The topological polar surface area (TPSA) is 108 Å². The van der Waals surface area contributed by atoms with Crippen LogP contribution >= 0.6 is 0 Å². The van der Waals surface area contributed by atoms with Gasteiger partial charge in [0, 0.05) is 24.3 Å². The minimum atomic E-state index is -3.54. The van der Waals surface area contributed by atoms with Crippen LogP contribution < -0.4 is 10.1 Å². The zero-order chi connectivity index (χ0) is 23.4. The molecule has 0 radical (unpaired) electrons. The van der Waals surface area contributed by atoms with Crippen LogP contribution in [0.4, 0.5) is 11.6 Å². The van der Waals surface area contributed by atoms with Gasteiger partial charge in [-0.25, -0.2) is 8.42 Å². The van der Waals surface area contributed by atoms with Crippen molar-refractivity contribution in [3.8, 4) is 23.3 Å². The van der Waals surface area contributed by atoms with E-state index in [1.807, 2.05) is 37.3 Å². The molecule has 0 bridgehead atoms. The van der Waals surface area contributed by atoms with Crippen LogP contribution in [0.15, 0.2) is 57.8 Å². The van der Waals surface area contributed by atoms with Gasteiger partial charge in [0.25, 0.3) is 0 Å². The molecule has 2 heterocycles. The number of nitriles is 1. The van der Waals surface area contributed by atoms with E-state index in [0.29, 0.717) is 31.2 Å². The second-order valence-electron chi connectivity index (χ2n) is 8.03. The molecule has 4 rings (SSSR count). The van der Waals surface area contributed by atoms with Gasteiger partial charge in [0.15, 0.2) is 0 Å². The predicted molar refractivity (Wildman–Crippen MR) is 125 cm³/mol. The highest BCUT2D eigenvalue weighted by Gasteiger charge is 2.28. The maximum absolute atomic E-state index is 13.0. The van der Waals surface area contributed by atoms with Crippen molar-refractivity contribution >= 4 is 21.6 Å². The van der Waals surface area contributed by atoms with E-state index >= 15 is 0 Å². The molecule has 1 saturated heterocycles. The fourth-order valence-corrected chi connectivity index (χ4v) is 5.42. The third kappa shape index (κ3) is 5.02. The molecule has 172 valence electrons. The number of nitrogens with zero attached hydrogens (tertiary/aromatic N) is 3. The van der Waals surface area contributed by atoms with Gasteiger partial charge in [-0.15, -0.1) is 0 Å². The summed E-state index contributed by atoms with van der Waals surface area (Å²) in [5.41, 5.74) is 1.41. The molecule has 33 heavy (non-hydrogen) atoms. The molecule has 0 amide bonds. The lowest BCUT2D eigenvalue weighted by atomic mass is 10.0. The van der Waals surface area contributed by atoms with Gasteiger partial charge in [0.2, 0.25) is 27.5 Å². The van der Waals surface area contributed by atoms with Crippen LogP contribution in [0.2, 0.25) is 0 Å². The van der Waals surface area contributed by atoms with Crippen LogP contribution in [-0.4, -0.2) is 37.4 Å². The van der Waals surface area contributed by atoms with E-state index in [1.54, 1.807) is 28.6 Å². The van der Waals surface area contributed by atoms with E-state index < -0.39 is 10.0 Å². The molecule has 8 nitrogen and oxygen atoms in total. The van der Waals surface area contributed by atoms with E-state index in [2.05, 4.69) is 17.2 Å². The van der Waals surface area contributed by atoms with Crippen LogP contribution in [0.25, 0.3) is 11.5 Å². The quantitative estimate of drug-likeness (QED) is 0.534. The highest BCUT2D eigenvalue weighted by molar-refractivity contribution is 7.89. The van der Waals surface area contributed by atoms with Crippen molar-refractivity contribution in [2.45, 2.75) is 31.6 Å². The summed E-state index contributed by atoms with van der Waals surface area (Å²) < 4.78 is 38.7. The fraction of sp³-hybridized carbons (Fsp3) is 0.333. The molecule has 0 spiro atoms. The first-order chi connectivity index (χ1) is 15.9. The summed E-state index contributed by atoms with van der Waals surface area (Å²) in [5.74, 6) is 1.55. The lowest BCUT2D eigenvalue weighted by Gasteiger charge is -2.30. The largest absolute Gasteiger partial charge is 0.494 e. The first-order valence-electron chi connectivity index (χ1n) is 10.9. The van der Waals surface area contributed by atoms with Gasteiger partial charge < -0.3 is 14.5 Å². The number of aromatic nitrogens is 1. The van der Waals surface area contributed by atoms with Crippen molar-refractivity contribution in [1.29, 1.82) is 5.26 Å². The smallest absolute Gasteiger partial charge is 0.243 e. The Morgan fingerprint density at radius 3 is 2.58 bits per heavy atom. The van der Waals surface area contributed by atoms with Gasteiger partial charge in [-0.2, -0.15) is 14.6 Å². The molecule has 2 aromatic carbocycles. The standard InChI is InChI=1S/C24H26N4O4S/c1-3-31-20-10-8-19(9-11-20)26-24-22(15-25)27-23(32-24)18-6-12-21(13-7-18)33(29,30)28-14-4-5-17(2)16-28/h6-13,17,26H,3-5,14,16H2,1-2H3. The second kappa shape index (κ2) is 9.65. The lowest BCUT2D eigenvalue weighted by molar-refractivity contribution is 0.281.